The molecule has 0 aromatic carbocycles. The summed E-state index contributed by atoms with van der Waals surface area (Å²) in [5.74, 6) is 1.06. The number of aromatic nitrogens is 1. The van der Waals surface area contributed by atoms with Gasteiger partial charge in [0.25, 0.3) is 0 Å². The summed E-state index contributed by atoms with van der Waals surface area (Å²) < 4.78 is 0. The summed E-state index contributed by atoms with van der Waals surface area (Å²) in [4.78, 5) is 27.8. The third kappa shape index (κ3) is 6.84. The molecule has 168 valence electrons. The quantitative estimate of drug-likeness (QED) is 0.475. The minimum Gasteiger partial charge on any atom is -0.357 e. The summed E-state index contributed by atoms with van der Waals surface area (Å²) in [5.41, 5.74) is 1.14. The Morgan fingerprint density at radius 1 is 1.27 bits per heavy atom. The van der Waals surface area contributed by atoms with Crippen LogP contribution in [0.5, 0.6) is 0 Å². The highest BCUT2D eigenvalue weighted by Gasteiger charge is 2.22. The maximum atomic E-state index is 11.9. The minimum atomic E-state index is 0.172. The highest BCUT2D eigenvalue weighted by atomic mass is 32.1. The van der Waals surface area contributed by atoms with Gasteiger partial charge < -0.3 is 20.4 Å². The Balaban J connectivity index is 1.43. The number of hydrogen-bond donors (Lipinski definition) is 2. The molecule has 1 amide bonds. The van der Waals surface area contributed by atoms with Crippen LogP contribution in [0.25, 0.3) is 0 Å². The predicted octanol–water partition coefficient (Wildman–Crippen LogP) is 1.39. The molecule has 0 aliphatic carbocycles. The second-order valence-electron chi connectivity index (χ2n) is 8.31. The van der Waals surface area contributed by atoms with Gasteiger partial charge in [0.1, 0.15) is 0 Å². The van der Waals surface area contributed by atoms with E-state index in [1.54, 1.807) is 16.2 Å². The van der Waals surface area contributed by atoms with Crippen molar-refractivity contribution >= 4 is 28.3 Å². The molecule has 1 aromatic rings. The van der Waals surface area contributed by atoms with Crippen LogP contribution < -0.4 is 15.5 Å². The fraction of sp³-hybridized carbons (Fsp3) is 0.762. The van der Waals surface area contributed by atoms with E-state index in [1.807, 2.05) is 14.1 Å². The number of nitrogens with zero attached hydrogens (tertiary/aromatic N) is 5. The monoisotopic (exact) mass is 435 g/mol. The van der Waals surface area contributed by atoms with Gasteiger partial charge in [-0.25, -0.2) is 4.98 Å². The summed E-state index contributed by atoms with van der Waals surface area (Å²) >= 11 is 1.75. The largest absolute Gasteiger partial charge is 0.357 e. The fourth-order valence-corrected chi connectivity index (χ4v) is 4.74. The summed E-state index contributed by atoms with van der Waals surface area (Å²) in [5, 5.41) is 10.3. The van der Waals surface area contributed by atoms with Gasteiger partial charge in [0.05, 0.1) is 12.2 Å². The second-order valence-corrected chi connectivity index (χ2v) is 9.15. The molecule has 3 heterocycles. The molecule has 2 aliphatic heterocycles. The molecule has 1 aromatic heterocycles. The fourth-order valence-electron chi connectivity index (χ4n) is 3.83. The van der Waals surface area contributed by atoms with E-state index in [0.717, 1.165) is 75.3 Å². The number of carbonyl (C=O) groups is 1. The van der Waals surface area contributed by atoms with Crippen LogP contribution in [0, 0.1) is 0 Å². The molecule has 0 atom stereocenters. The van der Waals surface area contributed by atoms with E-state index in [0.29, 0.717) is 12.6 Å². The topological polar surface area (TPSA) is 76.1 Å². The lowest BCUT2D eigenvalue weighted by Gasteiger charge is -2.33. The number of likely N-dealkylation sites (N-methyl/N-ethyl adjacent to an activating group) is 1. The van der Waals surface area contributed by atoms with E-state index in [-0.39, 0.29) is 5.91 Å². The lowest BCUT2D eigenvalue weighted by atomic mass is 10.1. The Bertz CT molecular complexity index is 691. The zero-order chi connectivity index (χ0) is 21.3. The number of nitrogens with one attached hydrogen (secondary N) is 2. The number of anilines is 1. The molecule has 9 heteroatoms. The molecule has 0 saturated carbocycles. The van der Waals surface area contributed by atoms with Crippen LogP contribution in [-0.4, -0.2) is 92.6 Å². The van der Waals surface area contributed by atoms with Crippen LogP contribution in [0.3, 0.4) is 0 Å². The lowest BCUT2D eigenvalue weighted by Crippen LogP contribution is -2.50. The zero-order valence-corrected chi connectivity index (χ0v) is 19.5. The summed E-state index contributed by atoms with van der Waals surface area (Å²) in [6.45, 7) is 8.34. The highest BCUT2D eigenvalue weighted by Crippen LogP contribution is 2.24. The maximum absolute atomic E-state index is 11.9. The van der Waals surface area contributed by atoms with Crippen LogP contribution >= 0.6 is 11.3 Å². The molecule has 2 N–H and O–H groups in total. The highest BCUT2D eigenvalue weighted by molar-refractivity contribution is 7.13. The van der Waals surface area contributed by atoms with Crippen molar-refractivity contribution in [2.45, 2.75) is 45.1 Å². The van der Waals surface area contributed by atoms with Crippen molar-refractivity contribution in [1.82, 2.24) is 25.4 Å². The number of amides is 1. The molecule has 3 rings (SSSR count). The number of hydrogen-bond acceptors (Lipinski definition) is 6. The number of piperidine rings is 1. The number of carbonyl (C=O) groups excluding carboxylic acids is 1. The number of rotatable bonds is 8. The van der Waals surface area contributed by atoms with Gasteiger partial charge in [0, 0.05) is 71.2 Å². The van der Waals surface area contributed by atoms with E-state index in [9.17, 15) is 4.79 Å². The Morgan fingerprint density at radius 3 is 2.67 bits per heavy atom. The van der Waals surface area contributed by atoms with E-state index < -0.39 is 0 Å². The molecule has 0 unspecified atom stereocenters. The molecule has 0 bridgehead atoms. The van der Waals surface area contributed by atoms with Crippen LogP contribution in [0.1, 0.15) is 38.3 Å². The van der Waals surface area contributed by atoms with Crippen LogP contribution in [-0.2, 0) is 11.2 Å². The van der Waals surface area contributed by atoms with Crippen LogP contribution in [0.2, 0.25) is 0 Å². The number of guanidine groups is 1. The molecule has 2 fully saturated rings. The van der Waals surface area contributed by atoms with Crippen molar-refractivity contribution in [3.8, 4) is 0 Å². The third-order valence-electron chi connectivity index (χ3n) is 5.68. The summed E-state index contributed by atoms with van der Waals surface area (Å²) in [6.07, 6.45) is 5.47. The van der Waals surface area contributed by atoms with E-state index in [1.165, 1.54) is 12.8 Å². The zero-order valence-electron chi connectivity index (χ0n) is 18.7. The van der Waals surface area contributed by atoms with Gasteiger partial charge in [0.15, 0.2) is 11.1 Å². The van der Waals surface area contributed by atoms with E-state index in [2.05, 4.69) is 32.7 Å². The molecule has 30 heavy (non-hydrogen) atoms. The van der Waals surface area contributed by atoms with Gasteiger partial charge in [-0.05, 0) is 32.6 Å². The van der Waals surface area contributed by atoms with Crippen molar-refractivity contribution in [2.75, 3.05) is 64.8 Å². The van der Waals surface area contributed by atoms with Gasteiger partial charge in [-0.3, -0.25) is 14.7 Å². The summed E-state index contributed by atoms with van der Waals surface area (Å²) in [7, 11) is 3.63. The summed E-state index contributed by atoms with van der Waals surface area (Å²) in [6, 6.07) is 0.398. The second kappa shape index (κ2) is 11.5. The van der Waals surface area contributed by atoms with Gasteiger partial charge in [-0.1, -0.05) is 0 Å². The SMILES string of the molecule is CCNC(=NCCc1csc(N2CCCC2)n1)NC1CCN(CC(=O)N(C)C)CC1. The molecule has 0 radical (unpaired) electrons. The van der Waals surface area contributed by atoms with E-state index in [4.69, 9.17) is 9.98 Å². The van der Waals surface area contributed by atoms with Crippen molar-refractivity contribution in [1.29, 1.82) is 0 Å². The Labute approximate surface area is 184 Å². The molecule has 0 spiro atoms. The predicted molar refractivity (Wildman–Crippen MR) is 125 cm³/mol. The standard InChI is InChI=1S/C21H37N7OS/c1-4-22-20(24-17-8-13-27(14-9-17)15-19(29)26(2)3)23-10-7-18-16-30-21(25-18)28-11-5-6-12-28/h16-17H,4-15H2,1-3H3,(H2,22,23,24). The van der Waals surface area contributed by atoms with Crippen LogP contribution in [0.4, 0.5) is 5.13 Å². The molecule has 2 saturated heterocycles. The Hall–Kier alpha value is -1.87. The maximum Gasteiger partial charge on any atom is 0.236 e. The molecule has 2 aliphatic rings. The van der Waals surface area contributed by atoms with Crippen molar-refractivity contribution in [2.24, 2.45) is 4.99 Å². The smallest absolute Gasteiger partial charge is 0.236 e. The first-order valence-electron chi connectivity index (χ1n) is 11.2. The molecular weight excluding hydrogens is 398 g/mol. The molecule has 8 nitrogen and oxygen atoms in total. The minimum absolute atomic E-state index is 0.172. The first-order valence-corrected chi connectivity index (χ1v) is 12.1. The third-order valence-corrected chi connectivity index (χ3v) is 6.63. The van der Waals surface area contributed by atoms with Gasteiger partial charge in [-0.2, -0.15) is 0 Å². The van der Waals surface area contributed by atoms with Gasteiger partial charge in [0.2, 0.25) is 5.91 Å². The molecular formula is C21H37N7OS. The normalized spacial score (nSPS) is 18.6. The van der Waals surface area contributed by atoms with Crippen molar-refractivity contribution in [3.05, 3.63) is 11.1 Å². The van der Waals surface area contributed by atoms with Gasteiger partial charge in [-0.15, -0.1) is 11.3 Å². The van der Waals surface area contributed by atoms with Gasteiger partial charge >= 0.3 is 0 Å². The first kappa shape index (κ1) is 22.8. The average Bonchev–Trinajstić information content (AvgIpc) is 3.41. The van der Waals surface area contributed by atoms with Crippen molar-refractivity contribution in [3.63, 3.8) is 0 Å². The Kier molecular flexibility index (Phi) is 8.74. The van der Waals surface area contributed by atoms with Crippen molar-refractivity contribution < 1.29 is 4.79 Å². The van der Waals surface area contributed by atoms with Crippen LogP contribution in [0.15, 0.2) is 10.4 Å². The first-order chi connectivity index (χ1) is 14.5. The number of likely N-dealkylation sites (tertiary alicyclic amines) is 1. The number of aliphatic imine (C=N–C) groups is 1. The Morgan fingerprint density at radius 2 is 2.00 bits per heavy atom. The van der Waals surface area contributed by atoms with E-state index >= 15 is 0 Å². The number of thiazole rings is 1. The average molecular weight is 436 g/mol. The lowest BCUT2D eigenvalue weighted by molar-refractivity contribution is -0.130.